The third-order valence-electron chi connectivity index (χ3n) is 5.59. The third-order valence-corrected chi connectivity index (χ3v) is 5.59. The Kier molecular flexibility index (Phi) is 7.72. The predicted octanol–water partition coefficient (Wildman–Crippen LogP) is 2.87. The molecule has 0 aromatic heterocycles. The van der Waals surface area contributed by atoms with E-state index in [1.165, 1.54) is 6.92 Å². The topological polar surface area (TPSA) is 92.3 Å². The van der Waals surface area contributed by atoms with Crippen LogP contribution in [-0.4, -0.2) is 49.1 Å². The van der Waals surface area contributed by atoms with Gasteiger partial charge >= 0.3 is 5.97 Å². The van der Waals surface area contributed by atoms with Gasteiger partial charge in [-0.05, 0) is 5.56 Å². The van der Waals surface area contributed by atoms with E-state index in [1.807, 2.05) is 60.7 Å². The molecule has 2 aliphatic rings. The van der Waals surface area contributed by atoms with Crippen LogP contribution in [0.25, 0.3) is 0 Å². The molecule has 4 rings (SSSR count). The van der Waals surface area contributed by atoms with E-state index in [4.69, 9.17) is 23.7 Å². The van der Waals surface area contributed by atoms with Crippen LogP contribution >= 0.6 is 0 Å². The average Bonchev–Trinajstić information content (AvgIpc) is 2.84. The van der Waals surface area contributed by atoms with E-state index in [-0.39, 0.29) is 25.5 Å². The Labute approximate surface area is 193 Å². The number of amides is 1. The zero-order valence-electron chi connectivity index (χ0n) is 18.7. The summed E-state index contributed by atoms with van der Waals surface area (Å²) < 4.78 is 30.2. The van der Waals surface area contributed by atoms with Crippen molar-refractivity contribution in [2.45, 2.75) is 63.8 Å². The fraction of sp³-hybridized carbons (Fsp3) is 0.440. The first-order valence-electron chi connectivity index (χ1n) is 11.1. The summed E-state index contributed by atoms with van der Waals surface area (Å²) in [6, 6.07) is 18.4. The van der Waals surface area contributed by atoms with E-state index >= 15 is 0 Å². The van der Waals surface area contributed by atoms with Crippen molar-refractivity contribution in [3.8, 4) is 0 Å². The maximum Gasteiger partial charge on any atom is 0.305 e. The molecule has 0 spiro atoms. The van der Waals surface area contributed by atoms with Gasteiger partial charge in [0.15, 0.2) is 18.7 Å². The number of rotatable bonds is 7. The molecule has 33 heavy (non-hydrogen) atoms. The molecule has 2 aliphatic heterocycles. The minimum Gasteiger partial charge on any atom is -0.457 e. The minimum absolute atomic E-state index is 0.190. The number of hydrogen-bond acceptors (Lipinski definition) is 7. The van der Waals surface area contributed by atoms with E-state index < -0.39 is 42.9 Å². The highest BCUT2D eigenvalue weighted by Gasteiger charge is 2.52. The van der Waals surface area contributed by atoms with Crippen LogP contribution in [-0.2, 0) is 39.9 Å². The van der Waals surface area contributed by atoms with Crippen LogP contribution in [0.5, 0.6) is 0 Å². The van der Waals surface area contributed by atoms with Crippen LogP contribution in [0.3, 0.4) is 0 Å². The molecular formula is C25H29NO7. The van der Waals surface area contributed by atoms with Crippen molar-refractivity contribution < 1.29 is 33.3 Å². The molecular weight excluding hydrogens is 426 g/mol. The molecule has 2 aromatic rings. The lowest BCUT2D eigenvalue weighted by molar-refractivity contribution is -0.346. The van der Waals surface area contributed by atoms with Crippen LogP contribution in [0.4, 0.5) is 0 Å². The first kappa shape index (κ1) is 23.4. The highest BCUT2D eigenvalue weighted by molar-refractivity contribution is 5.73. The molecule has 0 unspecified atom stereocenters. The van der Waals surface area contributed by atoms with Crippen molar-refractivity contribution in [1.29, 1.82) is 0 Å². The molecule has 1 amide bonds. The highest BCUT2D eigenvalue weighted by atomic mass is 16.8. The lowest BCUT2D eigenvalue weighted by Crippen LogP contribution is -2.67. The summed E-state index contributed by atoms with van der Waals surface area (Å²) in [6.45, 7) is 3.61. The molecule has 6 atom stereocenters. The average molecular weight is 456 g/mol. The molecule has 2 heterocycles. The van der Waals surface area contributed by atoms with Gasteiger partial charge in [0.1, 0.15) is 18.2 Å². The summed E-state index contributed by atoms with van der Waals surface area (Å²) in [5.41, 5.74) is 1.79. The second kappa shape index (κ2) is 10.9. The van der Waals surface area contributed by atoms with Gasteiger partial charge in [-0.25, -0.2) is 0 Å². The van der Waals surface area contributed by atoms with Gasteiger partial charge in [-0.1, -0.05) is 67.6 Å². The molecule has 2 aromatic carbocycles. The predicted molar refractivity (Wildman–Crippen MR) is 118 cm³/mol. The Bertz CT molecular complexity index is 923. The maximum atomic E-state index is 12.3. The molecule has 2 saturated heterocycles. The lowest BCUT2D eigenvalue weighted by atomic mass is 9.95. The second-order valence-corrected chi connectivity index (χ2v) is 8.05. The Morgan fingerprint density at radius 1 is 1.03 bits per heavy atom. The van der Waals surface area contributed by atoms with E-state index in [1.54, 1.807) is 6.92 Å². The van der Waals surface area contributed by atoms with Crippen molar-refractivity contribution in [2.24, 2.45) is 0 Å². The van der Waals surface area contributed by atoms with Crippen molar-refractivity contribution in [3.63, 3.8) is 0 Å². The fourth-order valence-corrected chi connectivity index (χ4v) is 4.01. The van der Waals surface area contributed by atoms with Crippen LogP contribution in [0.15, 0.2) is 60.7 Å². The third kappa shape index (κ3) is 5.78. The van der Waals surface area contributed by atoms with Gasteiger partial charge in [0.25, 0.3) is 0 Å². The fourth-order valence-electron chi connectivity index (χ4n) is 4.01. The Morgan fingerprint density at radius 3 is 2.39 bits per heavy atom. The monoisotopic (exact) mass is 455 g/mol. The number of ether oxygens (including phenoxy) is 5. The molecule has 8 nitrogen and oxygen atoms in total. The number of benzene rings is 2. The standard InChI is InChI=1S/C25H29NO7/c1-3-20(28)32-23-21(26-16(2)27)25(29-14-17-10-6-4-7-11-17)31-19-15-30-24(33-22(19)23)18-12-8-5-9-13-18/h4-13,19,21-25H,3,14-15H2,1-2H3,(H,26,27)/t19-,21+,22-,23+,24+,25-/m1/s1. The van der Waals surface area contributed by atoms with E-state index in [0.717, 1.165) is 11.1 Å². The number of nitrogens with one attached hydrogen (secondary N) is 1. The summed E-state index contributed by atoms with van der Waals surface area (Å²) in [5.74, 6) is -0.691. The molecule has 0 radical (unpaired) electrons. The van der Waals surface area contributed by atoms with Gasteiger partial charge < -0.3 is 29.0 Å². The number of esters is 1. The van der Waals surface area contributed by atoms with E-state index in [0.29, 0.717) is 0 Å². The summed E-state index contributed by atoms with van der Waals surface area (Å²) in [5, 5.41) is 2.85. The summed E-state index contributed by atoms with van der Waals surface area (Å²) in [6.07, 6.45) is -3.30. The largest absolute Gasteiger partial charge is 0.457 e. The first-order valence-corrected chi connectivity index (χ1v) is 11.1. The summed E-state index contributed by atoms with van der Waals surface area (Å²) in [4.78, 5) is 24.4. The summed E-state index contributed by atoms with van der Waals surface area (Å²) in [7, 11) is 0. The normalized spacial score (nSPS) is 29.0. The quantitative estimate of drug-likeness (QED) is 0.642. The summed E-state index contributed by atoms with van der Waals surface area (Å²) >= 11 is 0. The van der Waals surface area contributed by atoms with Crippen molar-refractivity contribution in [3.05, 3.63) is 71.8 Å². The molecule has 0 bridgehead atoms. The Hall–Kier alpha value is -2.78. The van der Waals surface area contributed by atoms with Crippen LogP contribution in [0, 0.1) is 0 Å². The molecule has 176 valence electrons. The van der Waals surface area contributed by atoms with Crippen LogP contribution in [0.1, 0.15) is 37.7 Å². The zero-order chi connectivity index (χ0) is 23.2. The Morgan fingerprint density at radius 2 is 1.73 bits per heavy atom. The van der Waals surface area contributed by atoms with Crippen LogP contribution in [0.2, 0.25) is 0 Å². The van der Waals surface area contributed by atoms with Crippen molar-refractivity contribution in [1.82, 2.24) is 5.32 Å². The van der Waals surface area contributed by atoms with Gasteiger partial charge in [-0.2, -0.15) is 0 Å². The van der Waals surface area contributed by atoms with Crippen LogP contribution < -0.4 is 5.32 Å². The Balaban J connectivity index is 1.58. The van der Waals surface area contributed by atoms with Gasteiger partial charge in [-0.3, -0.25) is 9.59 Å². The van der Waals surface area contributed by atoms with E-state index in [2.05, 4.69) is 5.32 Å². The maximum absolute atomic E-state index is 12.3. The molecule has 2 fully saturated rings. The highest BCUT2D eigenvalue weighted by Crippen LogP contribution is 2.36. The lowest BCUT2D eigenvalue weighted by Gasteiger charge is -2.48. The molecule has 0 aliphatic carbocycles. The molecule has 8 heteroatoms. The number of carbonyl (C=O) groups excluding carboxylic acids is 2. The van der Waals surface area contributed by atoms with Gasteiger partial charge in [0.2, 0.25) is 5.91 Å². The number of fused-ring (bicyclic) bond motifs is 1. The zero-order valence-corrected chi connectivity index (χ0v) is 18.7. The number of hydrogen-bond donors (Lipinski definition) is 1. The smallest absolute Gasteiger partial charge is 0.305 e. The SMILES string of the molecule is CCC(=O)O[C@H]1[C@H](NC(C)=O)[C@H](OCc2ccccc2)O[C@@H]2CO[C@H](c3ccccc3)O[C@@H]12. The van der Waals surface area contributed by atoms with Gasteiger partial charge in [0.05, 0.1) is 13.2 Å². The first-order chi connectivity index (χ1) is 16.0. The van der Waals surface area contributed by atoms with E-state index in [9.17, 15) is 9.59 Å². The molecule has 1 N–H and O–H groups in total. The van der Waals surface area contributed by atoms with Crippen molar-refractivity contribution in [2.75, 3.05) is 6.61 Å². The van der Waals surface area contributed by atoms with Crippen molar-refractivity contribution >= 4 is 11.9 Å². The van der Waals surface area contributed by atoms with Gasteiger partial charge in [0, 0.05) is 18.9 Å². The van der Waals surface area contributed by atoms with Gasteiger partial charge in [-0.15, -0.1) is 0 Å². The minimum atomic E-state index is -0.856. The second-order valence-electron chi connectivity index (χ2n) is 8.05. The number of carbonyl (C=O) groups is 2. The molecule has 0 saturated carbocycles.